The summed E-state index contributed by atoms with van der Waals surface area (Å²) in [6.07, 6.45) is 1.91. The van der Waals surface area contributed by atoms with E-state index in [2.05, 4.69) is 5.32 Å². The van der Waals surface area contributed by atoms with Crippen LogP contribution in [0.5, 0.6) is 5.75 Å². The Bertz CT molecular complexity index is 373. The molecule has 1 aromatic rings. The highest BCUT2D eigenvalue weighted by molar-refractivity contribution is 5.31. The molecular formula is C15H23F2NO. The lowest BCUT2D eigenvalue weighted by atomic mass is 10.1. The van der Waals surface area contributed by atoms with E-state index in [9.17, 15) is 8.78 Å². The summed E-state index contributed by atoms with van der Waals surface area (Å²) in [6.45, 7) is 7.67. The van der Waals surface area contributed by atoms with Gasteiger partial charge in [-0.15, -0.1) is 0 Å². The van der Waals surface area contributed by atoms with Crippen molar-refractivity contribution < 1.29 is 13.5 Å². The van der Waals surface area contributed by atoms with Gasteiger partial charge in [-0.1, -0.05) is 27.2 Å². The van der Waals surface area contributed by atoms with Gasteiger partial charge in [-0.05, 0) is 36.6 Å². The Morgan fingerprint density at radius 2 is 1.84 bits per heavy atom. The Morgan fingerprint density at radius 3 is 2.37 bits per heavy atom. The summed E-state index contributed by atoms with van der Waals surface area (Å²) in [4.78, 5) is 0. The summed E-state index contributed by atoms with van der Waals surface area (Å²) >= 11 is 0. The number of ether oxygens (including phenoxy) is 1. The molecule has 1 unspecified atom stereocenters. The molecule has 0 aliphatic rings. The van der Waals surface area contributed by atoms with Gasteiger partial charge in [0.2, 0.25) is 0 Å². The second-order valence-corrected chi connectivity index (χ2v) is 4.89. The van der Waals surface area contributed by atoms with Gasteiger partial charge >= 0.3 is 0 Å². The predicted molar refractivity (Wildman–Crippen MR) is 73.3 cm³/mol. The third kappa shape index (κ3) is 5.15. The summed E-state index contributed by atoms with van der Waals surface area (Å²) in [5.74, 6) is -1.24. The topological polar surface area (TPSA) is 21.3 Å². The minimum absolute atomic E-state index is 0.264. The molecule has 1 N–H and O–H groups in total. The van der Waals surface area contributed by atoms with Gasteiger partial charge in [-0.3, -0.25) is 0 Å². The van der Waals surface area contributed by atoms with Crippen molar-refractivity contribution in [1.29, 1.82) is 0 Å². The molecule has 0 saturated heterocycles. The molecule has 1 rings (SSSR count). The van der Waals surface area contributed by atoms with Crippen LogP contribution in [-0.4, -0.2) is 13.2 Å². The molecule has 0 saturated carbocycles. The highest BCUT2D eigenvalue weighted by Crippen LogP contribution is 2.24. The van der Waals surface area contributed by atoms with Crippen LogP contribution in [0.2, 0.25) is 0 Å². The van der Waals surface area contributed by atoms with Crippen molar-refractivity contribution in [3.05, 3.63) is 29.3 Å². The first-order valence-corrected chi connectivity index (χ1v) is 6.89. The van der Waals surface area contributed by atoms with Gasteiger partial charge in [-0.25, -0.2) is 8.78 Å². The standard InChI is InChI=1S/C15H23F2NO/c1-4-6-18-9-12-7-13(16)15(14(17)8-12)19-10-11(3)5-2/h7-8,11,18H,4-6,9-10H2,1-3H3. The Kier molecular flexibility index (Phi) is 6.78. The van der Waals surface area contributed by atoms with E-state index >= 15 is 0 Å². The maximum atomic E-state index is 13.8. The largest absolute Gasteiger partial charge is 0.487 e. The zero-order valence-electron chi connectivity index (χ0n) is 11.9. The van der Waals surface area contributed by atoms with E-state index in [-0.39, 0.29) is 11.7 Å². The van der Waals surface area contributed by atoms with Gasteiger partial charge in [0.25, 0.3) is 0 Å². The third-order valence-electron chi connectivity index (χ3n) is 3.02. The first-order chi connectivity index (χ1) is 9.08. The third-order valence-corrected chi connectivity index (χ3v) is 3.02. The van der Waals surface area contributed by atoms with E-state index in [0.29, 0.717) is 18.7 Å². The number of hydrogen-bond acceptors (Lipinski definition) is 2. The molecule has 1 aromatic carbocycles. The monoisotopic (exact) mass is 271 g/mol. The Labute approximate surface area is 114 Å². The summed E-state index contributed by atoms with van der Waals surface area (Å²) in [5.41, 5.74) is 0.597. The lowest BCUT2D eigenvalue weighted by molar-refractivity contribution is 0.235. The zero-order valence-corrected chi connectivity index (χ0v) is 11.9. The zero-order chi connectivity index (χ0) is 14.3. The fourth-order valence-corrected chi connectivity index (χ4v) is 1.61. The average Bonchev–Trinajstić information content (AvgIpc) is 2.37. The quantitative estimate of drug-likeness (QED) is 0.724. The summed E-state index contributed by atoms with van der Waals surface area (Å²) < 4.78 is 32.8. The maximum absolute atomic E-state index is 13.8. The number of benzene rings is 1. The van der Waals surface area contributed by atoms with Crippen LogP contribution in [0.3, 0.4) is 0 Å². The predicted octanol–water partition coefficient (Wildman–Crippen LogP) is 3.89. The Morgan fingerprint density at radius 1 is 1.21 bits per heavy atom. The molecule has 4 heteroatoms. The molecule has 2 nitrogen and oxygen atoms in total. The molecule has 0 amide bonds. The second-order valence-electron chi connectivity index (χ2n) is 4.89. The first kappa shape index (κ1) is 15.9. The van der Waals surface area contributed by atoms with Crippen LogP contribution in [0.25, 0.3) is 0 Å². The molecule has 0 aliphatic carbocycles. The average molecular weight is 271 g/mol. The van der Waals surface area contributed by atoms with Crippen LogP contribution >= 0.6 is 0 Å². The van der Waals surface area contributed by atoms with Crippen molar-refractivity contribution in [1.82, 2.24) is 5.32 Å². The van der Waals surface area contributed by atoms with Crippen molar-refractivity contribution in [2.45, 2.75) is 40.2 Å². The Balaban J connectivity index is 2.68. The maximum Gasteiger partial charge on any atom is 0.190 e. The van der Waals surface area contributed by atoms with E-state index in [1.165, 1.54) is 12.1 Å². The van der Waals surface area contributed by atoms with Gasteiger partial charge < -0.3 is 10.1 Å². The first-order valence-electron chi connectivity index (χ1n) is 6.89. The molecule has 0 spiro atoms. The molecule has 0 bridgehead atoms. The van der Waals surface area contributed by atoms with E-state index in [1.807, 2.05) is 20.8 Å². The van der Waals surface area contributed by atoms with Gasteiger partial charge in [0, 0.05) is 6.54 Å². The SMILES string of the molecule is CCCNCc1cc(F)c(OCC(C)CC)c(F)c1. The molecule has 108 valence electrons. The van der Waals surface area contributed by atoms with E-state index in [1.54, 1.807) is 0 Å². The molecular weight excluding hydrogens is 248 g/mol. The van der Waals surface area contributed by atoms with Crippen molar-refractivity contribution >= 4 is 0 Å². The van der Waals surface area contributed by atoms with Crippen LogP contribution in [0.15, 0.2) is 12.1 Å². The highest BCUT2D eigenvalue weighted by atomic mass is 19.1. The van der Waals surface area contributed by atoms with Crippen LogP contribution in [-0.2, 0) is 6.54 Å². The van der Waals surface area contributed by atoms with Gasteiger partial charge in [0.1, 0.15) is 0 Å². The van der Waals surface area contributed by atoms with Crippen LogP contribution in [0.1, 0.15) is 39.2 Å². The number of nitrogens with one attached hydrogen (secondary N) is 1. The smallest absolute Gasteiger partial charge is 0.190 e. The fourth-order valence-electron chi connectivity index (χ4n) is 1.61. The molecule has 0 aromatic heterocycles. The fraction of sp³-hybridized carbons (Fsp3) is 0.600. The number of halogens is 2. The molecule has 0 aliphatic heterocycles. The van der Waals surface area contributed by atoms with Crippen molar-refractivity contribution in [3.63, 3.8) is 0 Å². The van der Waals surface area contributed by atoms with Gasteiger partial charge in [-0.2, -0.15) is 0 Å². The number of hydrogen-bond donors (Lipinski definition) is 1. The molecule has 0 fully saturated rings. The van der Waals surface area contributed by atoms with Crippen molar-refractivity contribution in [2.75, 3.05) is 13.2 Å². The number of rotatable bonds is 8. The van der Waals surface area contributed by atoms with Crippen LogP contribution in [0, 0.1) is 17.6 Å². The highest BCUT2D eigenvalue weighted by Gasteiger charge is 2.13. The molecule has 0 heterocycles. The minimum Gasteiger partial charge on any atom is -0.487 e. The van der Waals surface area contributed by atoms with E-state index in [4.69, 9.17) is 4.74 Å². The van der Waals surface area contributed by atoms with Crippen LogP contribution in [0.4, 0.5) is 8.78 Å². The minimum atomic E-state index is -0.628. The summed E-state index contributed by atoms with van der Waals surface area (Å²) in [7, 11) is 0. The second kappa shape index (κ2) is 8.10. The van der Waals surface area contributed by atoms with Gasteiger partial charge in [0.05, 0.1) is 6.61 Å². The van der Waals surface area contributed by atoms with Crippen molar-refractivity contribution in [2.24, 2.45) is 5.92 Å². The van der Waals surface area contributed by atoms with E-state index < -0.39 is 11.6 Å². The lowest BCUT2D eigenvalue weighted by Gasteiger charge is -2.13. The van der Waals surface area contributed by atoms with E-state index in [0.717, 1.165) is 19.4 Å². The molecule has 19 heavy (non-hydrogen) atoms. The molecule has 0 radical (unpaired) electrons. The van der Waals surface area contributed by atoms with Crippen LogP contribution < -0.4 is 10.1 Å². The summed E-state index contributed by atoms with van der Waals surface area (Å²) in [6, 6.07) is 2.66. The lowest BCUT2D eigenvalue weighted by Crippen LogP contribution is -2.15. The normalized spacial score (nSPS) is 12.5. The Hall–Kier alpha value is -1.16. The summed E-state index contributed by atoms with van der Waals surface area (Å²) in [5, 5.41) is 3.11. The van der Waals surface area contributed by atoms with Gasteiger partial charge in [0.15, 0.2) is 17.4 Å². The molecule has 1 atom stereocenters. The van der Waals surface area contributed by atoms with Crippen molar-refractivity contribution in [3.8, 4) is 5.75 Å².